The molecule has 1 atom stereocenters. The molecule has 1 aliphatic carbocycles. The Hall–Kier alpha value is -1.34. The number of rotatable bonds is 5. The van der Waals surface area contributed by atoms with Crippen LogP contribution < -0.4 is 0 Å². The summed E-state index contributed by atoms with van der Waals surface area (Å²) in [6, 6.07) is 10.6. The molecule has 3 nitrogen and oxygen atoms in total. The lowest BCUT2D eigenvalue weighted by Crippen LogP contribution is -2.30. The van der Waals surface area contributed by atoms with Crippen LogP contribution in [0.3, 0.4) is 0 Å². The van der Waals surface area contributed by atoms with Gasteiger partial charge < -0.3 is 0 Å². The normalized spacial score (nSPS) is 22.0. The third kappa shape index (κ3) is 3.04. The van der Waals surface area contributed by atoms with Crippen molar-refractivity contribution in [2.45, 2.75) is 44.4 Å². The van der Waals surface area contributed by atoms with E-state index in [-0.39, 0.29) is 11.5 Å². The van der Waals surface area contributed by atoms with Crippen LogP contribution in [0.1, 0.15) is 43.7 Å². The number of hydrogen-bond acceptors (Lipinski definition) is 3. The molecule has 0 amide bonds. The number of benzene rings is 1. The van der Waals surface area contributed by atoms with Crippen molar-refractivity contribution in [3.05, 3.63) is 35.4 Å². The lowest BCUT2D eigenvalue weighted by molar-refractivity contribution is 0.418. The van der Waals surface area contributed by atoms with Gasteiger partial charge >= 0.3 is 0 Å². The van der Waals surface area contributed by atoms with Crippen LogP contribution in [-0.2, 0) is 21.7 Å². The number of nitriles is 1. The Bertz CT molecular complexity index is 616. The fourth-order valence-electron chi connectivity index (χ4n) is 3.09. The highest BCUT2D eigenvalue weighted by atomic mass is 32.2. The summed E-state index contributed by atoms with van der Waals surface area (Å²) in [5.74, 6) is 0.373. The zero-order chi connectivity index (χ0) is 14.6. The van der Waals surface area contributed by atoms with Gasteiger partial charge in [-0.05, 0) is 43.2 Å². The minimum Gasteiger partial charge on any atom is -0.229 e. The SMILES string of the molecule is CCS(=O)(=O)CCCC1(C#N)CCCc2ccccc21. The molecule has 0 heterocycles. The molecule has 2 rings (SSSR count). The third-order valence-electron chi connectivity index (χ3n) is 4.30. The smallest absolute Gasteiger partial charge is 0.150 e. The largest absolute Gasteiger partial charge is 0.229 e. The third-order valence-corrected chi connectivity index (χ3v) is 6.09. The Labute approximate surface area is 121 Å². The molecule has 0 aliphatic heterocycles. The molecule has 0 N–H and O–H groups in total. The molecule has 4 heteroatoms. The first kappa shape index (κ1) is 15.1. The van der Waals surface area contributed by atoms with E-state index in [9.17, 15) is 13.7 Å². The molecule has 0 radical (unpaired) electrons. The molecule has 108 valence electrons. The quantitative estimate of drug-likeness (QED) is 0.838. The minimum atomic E-state index is -2.94. The van der Waals surface area contributed by atoms with Crippen LogP contribution in [0.2, 0.25) is 0 Å². The van der Waals surface area contributed by atoms with Gasteiger partial charge in [0.15, 0.2) is 0 Å². The second-order valence-corrected chi connectivity index (χ2v) is 8.02. The minimum absolute atomic E-state index is 0.184. The van der Waals surface area contributed by atoms with E-state index in [0.717, 1.165) is 24.8 Å². The van der Waals surface area contributed by atoms with Crippen LogP contribution in [0.5, 0.6) is 0 Å². The molecule has 1 unspecified atom stereocenters. The van der Waals surface area contributed by atoms with Crippen LogP contribution in [-0.4, -0.2) is 19.9 Å². The van der Waals surface area contributed by atoms with E-state index in [4.69, 9.17) is 0 Å². The molecule has 0 bridgehead atoms. The van der Waals surface area contributed by atoms with Gasteiger partial charge in [0.2, 0.25) is 0 Å². The van der Waals surface area contributed by atoms with Crippen molar-refractivity contribution in [1.82, 2.24) is 0 Å². The van der Waals surface area contributed by atoms with Gasteiger partial charge in [0, 0.05) is 5.75 Å². The number of nitrogens with zero attached hydrogens (tertiary/aromatic N) is 1. The maximum absolute atomic E-state index is 11.6. The molecule has 0 saturated heterocycles. The second-order valence-electron chi connectivity index (χ2n) is 5.54. The molecule has 0 spiro atoms. The van der Waals surface area contributed by atoms with Gasteiger partial charge in [-0.1, -0.05) is 31.2 Å². The van der Waals surface area contributed by atoms with Gasteiger partial charge in [-0.2, -0.15) is 5.26 Å². The van der Waals surface area contributed by atoms with Crippen molar-refractivity contribution in [3.63, 3.8) is 0 Å². The zero-order valence-electron chi connectivity index (χ0n) is 11.9. The van der Waals surface area contributed by atoms with E-state index >= 15 is 0 Å². The zero-order valence-corrected chi connectivity index (χ0v) is 12.7. The molecular formula is C16H21NO2S. The summed E-state index contributed by atoms with van der Waals surface area (Å²) in [6.45, 7) is 1.67. The Morgan fingerprint density at radius 1 is 1.35 bits per heavy atom. The van der Waals surface area contributed by atoms with Crippen LogP contribution in [0.4, 0.5) is 0 Å². The molecule has 0 saturated carbocycles. The first-order valence-electron chi connectivity index (χ1n) is 7.23. The van der Waals surface area contributed by atoms with E-state index in [2.05, 4.69) is 12.1 Å². The van der Waals surface area contributed by atoms with Crippen molar-refractivity contribution in [2.24, 2.45) is 0 Å². The fourth-order valence-corrected chi connectivity index (χ4v) is 3.96. The maximum Gasteiger partial charge on any atom is 0.150 e. The summed E-state index contributed by atoms with van der Waals surface area (Å²) in [5, 5.41) is 9.68. The van der Waals surface area contributed by atoms with Crippen LogP contribution in [0.25, 0.3) is 0 Å². The van der Waals surface area contributed by atoms with Gasteiger partial charge in [0.25, 0.3) is 0 Å². The van der Waals surface area contributed by atoms with Crippen molar-refractivity contribution in [3.8, 4) is 6.07 Å². The first-order valence-corrected chi connectivity index (χ1v) is 9.05. The Morgan fingerprint density at radius 2 is 2.10 bits per heavy atom. The lowest BCUT2D eigenvalue weighted by atomic mass is 9.68. The lowest BCUT2D eigenvalue weighted by Gasteiger charge is -2.33. The topological polar surface area (TPSA) is 57.9 Å². The highest BCUT2D eigenvalue weighted by Crippen LogP contribution is 2.40. The fraction of sp³-hybridized carbons (Fsp3) is 0.562. The highest BCUT2D eigenvalue weighted by molar-refractivity contribution is 7.91. The van der Waals surface area contributed by atoms with Crippen LogP contribution in [0, 0.1) is 11.3 Å². The van der Waals surface area contributed by atoms with Crippen molar-refractivity contribution >= 4 is 9.84 Å². The Morgan fingerprint density at radius 3 is 2.80 bits per heavy atom. The Kier molecular flexibility index (Phi) is 4.49. The van der Waals surface area contributed by atoms with Gasteiger partial charge in [0.05, 0.1) is 17.2 Å². The second kappa shape index (κ2) is 5.97. The van der Waals surface area contributed by atoms with E-state index in [1.54, 1.807) is 6.92 Å². The van der Waals surface area contributed by atoms with E-state index in [1.165, 1.54) is 5.56 Å². The number of sulfone groups is 1. The molecule has 1 aliphatic rings. The van der Waals surface area contributed by atoms with E-state index in [0.29, 0.717) is 12.8 Å². The summed E-state index contributed by atoms with van der Waals surface area (Å²) in [4.78, 5) is 0. The summed E-state index contributed by atoms with van der Waals surface area (Å²) in [6.07, 6.45) is 4.07. The van der Waals surface area contributed by atoms with Crippen molar-refractivity contribution in [1.29, 1.82) is 5.26 Å². The highest BCUT2D eigenvalue weighted by Gasteiger charge is 2.36. The van der Waals surface area contributed by atoms with Gasteiger partial charge in [0.1, 0.15) is 9.84 Å². The number of hydrogen-bond donors (Lipinski definition) is 0. The van der Waals surface area contributed by atoms with E-state index < -0.39 is 15.3 Å². The standard InChI is InChI=1S/C16H21NO2S/c1-2-20(18,19)12-6-11-16(13-17)10-5-8-14-7-3-4-9-15(14)16/h3-4,7,9H,2,5-6,8,10-12H2,1H3. The van der Waals surface area contributed by atoms with Gasteiger partial charge in [-0.3, -0.25) is 0 Å². The molecule has 1 aromatic rings. The maximum atomic E-state index is 11.6. The van der Waals surface area contributed by atoms with Crippen LogP contribution in [0.15, 0.2) is 24.3 Å². The van der Waals surface area contributed by atoms with Crippen molar-refractivity contribution in [2.75, 3.05) is 11.5 Å². The molecule has 0 aromatic heterocycles. The summed E-state index contributed by atoms with van der Waals surface area (Å²) < 4.78 is 23.2. The Balaban J connectivity index is 2.18. The predicted molar refractivity (Wildman–Crippen MR) is 80.2 cm³/mol. The summed E-state index contributed by atoms with van der Waals surface area (Å²) in [5.41, 5.74) is 1.87. The summed E-state index contributed by atoms with van der Waals surface area (Å²) in [7, 11) is -2.94. The molecule has 20 heavy (non-hydrogen) atoms. The monoisotopic (exact) mass is 291 g/mol. The van der Waals surface area contributed by atoms with Gasteiger partial charge in [-0.25, -0.2) is 8.42 Å². The van der Waals surface area contributed by atoms with Crippen LogP contribution >= 0.6 is 0 Å². The van der Waals surface area contributed by atoms with E-state index in [1.807, 2.05) is 18.2 Å². The number of fused-ring (bicyclic) bond motifs is 1. The molecule has 1 aromatic carbocycles. The average Bonchev–Trinajstić information content (AvgIpc) is 2.47. The van der Waals surface area contributed by atoms with Gasteiger partial charge in [-0.15, -0.1) is 0 Å². The predicted octanol–water partition coefficient (Wildman–Crippen LogP) is 3.00. The average molecular weight is 291 g/mol. The summed E-state index contributed by atoms with van der Waals surface area (Å²) >= 11 is 0. The molecule has 0 fully saturated rings. The number of aryl methyl sites for hydroxylation is 1. The molecular weight excluding hydrogens is 270 g/mol. The first-order chi connectivity index (χ1) is 9.53. The van der Waals surface area contributed by atoms with Crippen molar-refractivity contribution < 1.29 is 8.42 Å².